The molecule has 0 radical (unpaired) electrons. The molecule has 0 saturated heterocycles. The quantitative estimate of drug-likeness (QED) is 0.602. The van der Waals surface area contributed by atoms with Gasteiger partial charge in [0.25, 0.3) is 5.91 Å². The molecule has 3 N–H and O–H groups in total. The predicted octanol–water partition coefficient (Wildman–Crippen LogP) is 0.687. The van der Waals surface area contributed by atoms with Crippen LogP contribution >= 0.6 is 12.4 Å². The van der Waals surface area contributed by atoms with Crippen LogP contribution in [0, 0.1) is 10.1 Å². The highest BCUT2D eigenvalue weighted by molar-refractivity contribution is 5.91. The monoisotopic (exact) mass is 249 g/mol. The van der Waals surface area contributed by atoms with E-state index in [0.717, 1.165) is 6.07 Å². The fourth-order valence-corrected chi connectivity index (χ4v) is 0.902. The van der Waals surface area contributed by atoms with E-state index in [0.29, 0.717) is 0 Å². The van der Waals surface area contributed by atoms with Gasteiger partial charge in [0.1, 0.15) is 4.92 Å². The smallest absolute Gasteiger partial charge is 0.395 e. The molecule has 1 aromatic heterocycles. The second-order valence-electron chi connectivity index (χ2n) is 3.01. The second-order valence-corrected chi connectivity index (χ2v) is 3.01. The van der Waals surface area contributed by atoms with Crippen molar-refractivity contribution in [2.45, 2.75) is 13.0 Å². The van der Waals surface area contributed by atoms with Gasteiger partial charge in [-0.2, -0.15) is 0 Å². The maximum atomic E-state index is 11.4. The van der Waals surface area contributed by atoms with Gasteiger partial charge < -0.3 is 15.5 Å². The Kier molecular flexibility index (Phi) is 5.48. The Hall–Kier alpha value is -1.60. The number of carbonyl (C=O) groups is 1. The normalized spacial score (nSPS) is 11.4. The molecule has 7 nitrogen and oxygen atoms in total. The highest BCUT2D eigenvalue weighted by Crippen LogP contribution is 2.15. The summed E-state index contributed by atoms with van der Waals surface area (Å²) in [5.41, 5.74) is 5.30. The zero-order chi connectivity index (χ0) is 11.4. The van der Waals surface area contributed by atoms with E-state index >= 15 is 0 Å². The third-order valence-corrected chi connectivity index (χ3v) is 1.73. The number of furan rings is 1. The van der Waals surface area contributed by atoms with E-state index in [4.69, 9.17) is 10.2 Å². The van der Waals surface area contributed by atoms with Crippen molar-refractivity contribution in [3.63, 3.8) is 0 Å². The van der Waals surface area contributed by atoms with Gasteiger partial charge in [-0.25, -0.2) is 0 Å². The van der Waals surface area contributed by atoms with Gasteiger partial charge in [0, 0.05) is 12.6 Å². The number of halogens is 1. The van der Waals surface area contributed by atoms with E-state index in [-0.39, 0.29) is 30.8 Å². The summed E-state index contributed by atoms with van der Waals surface area (Å²) in [6.07, 6.45) is 0. The summed E-state index contributed by atoms with van der Waals surface area (Å²) in [6, 6.07) is 2.17. The first-order chi connectivity index (χ1) is 7.04. The molecular formula is C8H12ClN3O4. The molecule has 0 unspecified atom stereocenters. The zero-order valence-corrected chi connectivity index (χ0v) is 9.32. The van der Waals surface area contributed by atoms with Crippen molar-refractivity contribution >= 4 is 24.2 Å². The molecule has 90 valence electrons. The van der Waals surface area contributed by atoms with Gasteiger partial charge in [-0.3, -0.25) is 14.9 Å². The number of nitro groups is 1. The van der Waals surface area contributed by atoms with E-state index in [1.807, 2.05) is 0 Å². The first-order valence-corrected chi connectivity index (χ1v) is 4.29. The lowest BCUT2D eigenvalue weighted by atomic mass is 10.3. The molecule has 0 aromatic carbocycles. The Morgan fingerprint density at radius 1 is 1.69 bits per heavy atom. The minimum absolute atomic E-state index is 0. The molecule has 0 aliphatic carbocycles. The number of nitrogens with zero attached hydrogens (tertiary/aromatic N) is 1. The van der Waals surface area contributed by atoms with Crippen LogP contribution in [-0.4, -0.2) is 23.4 Å². The molecule has 1 amide bonds. The Bertz CT molecular complexity index is 379. The highest BCUT2D eigenvalue weighted by Gasteiger charge is 2.17. The molecule has 0 aliphatic rings. The van der Waals surface area contributed by atoms with E-state index in [9.17, 15) is 14.9 Å². The van der Waals surface area contributed by atoms with E-state index in [2.05, 4.69) is 5.32 Å². The Balaban J connectivity index is 0.00000225. The number of nitrogens with one attached hydrogen (secondary N) is 1. The number of nitrogens with two attached hydrogens (primary N) is 1. The number of amides is 1. The maximum absolute atomic E-state index is 11.4. The first kappa shape index (κ1) is 14.4. The fraction of sp³-hybridized carbons (Fsp3) is 0.375. The van der Waals surface area contributed by atoms with Crippen LogP contribution in [0.5, 0.6) is 0 Å². The van der Waals surface area contributed by atoms with Crippen molar-refractivity contribution in [1.29, 1.82) is 0 Å². The molecule has 1 atom stereocenters. The molecule has 8 heteroatoms. The van der Waals surface area contributed by atoms with Crippen LogP contribution in [-0.2, 0) is 0 Å². The molecular weight excluding hydrogens is 238 g/mol. The van der Waals surface area contributed by atoms with Crippen LogP contribution in [0.1, 0.15) is 17.5 Å². The predicted molar refractivity (Wildman–Crippen MR) is 58.6 cm³/mol. The molecule has 0 spiro atoms. The van der Waals surface area contributed by atoms with Gasteiger partial charge in [-0.15, -0.1) is 12.4 Å². The number of carbonyl (C=O) groups excluding carboxylic acids is 1. The summed E-state index contributed by atoms with van der Waals surface area (Å²) < 4.78 is 4.70. The summed E-state index contributed by atoms with van der Waals surface area (Å²) in [4.78, 5) is 20.9. The van der Waals surface area contributed by atoms with Crippen molar-refractivity contribution in [2.24, 2.45) is 5.73 Å². The maximum Gasteiger partial charge on any atom is 0.433 e. The average molecular weight is 250 g/mol. The minimum atomic E-state index is -0.705. The van der Waals surface area contributed by atoms with Crippen molar-refractivity contribution in [1.82, 2.24) is 5.32 Å². The van der Waals surface area contributed by atoms with Gasteiger partial charge in [-0.1, -0.05) is 0 Å². The lowest BCUT2D eigenvalue weighted by Crippen LogP contribution is -2.37. The molecule has 1 rings (SSSR count). The number of hydrogen-bond donors (Lipinski definition) is 2. The second kappa shape index (κ2) is 6.09. The first-order valence-electron chi connectivity index (χ1n) is 4.29. The van der Waals surface area contributed by atoms with Crippen LogP contribution in [0.15, 0.2) is 16.5 Å². The zero-order valence-electron chi connectivity index (χ0n) is 8.50. The summed E-state index contributed by atoms with van der Waals surface area (Å²) >= 11 is 0. The minimum Gasteiger partial charge on any atom is -0.395 e. The molecule has 0 aliphatic heterocycles. The lowest BCUT2D eigenvalue weighted by molar-refractivity contribution is -0.402. The van der Waals surface area contributed by atoms with E-state index in [1.54, 1.807) is 6.92 Å². The lowest BCUT2D eigenvalue weighted by Gasteiger charge is -2.08. The summed E-state index contributed by atoms with van der Waals surface area (Å²) in [7, 11) is 0. The van der Waals surface area contributed by atoms with E-state index < -0.39 is 16.7 Å². The van der Waals surface area contributed by atoms with E-state index in [1.165, 1.54) is 6.07 Å². The van der Waals surface area contributed by atoms with Crippen molar-refractivity contribution in [3.8, 4) is 0 Å². The van der Waals surface area contributed by atoms with Crippen LogP contribution < -0.4 is 11.1 Å². The summed E-state index contributed by atoms with van der Waals surface area (Å²) in [6.45, 7) is 2.00. The topological polar surface area (TPSA) is 111 Å². The average Bonchev–Trinajstić information content (AvgIpc) is 2.66. The molecule has 16 heavy (non-hydrogen) atoms. The Labute approximate surface area is 97.5 Å². The summed E-state index contributed by atoms with van der Waals surface area (Å²) in [5, 5.41) is 12.8. The van der Waals surface area contributed by atoms with Gasteiger partial charge in [0.15, 0.2) is 5.76 Å². The largest absolute Gasteiger partial charge is 0.433 e. The van der Waals surface area contributed by atoms with Crippen LogP contribution in [0.4, 0.5) is 5.88 Å². The number of rotatable bonds is 4. The molecule has 0 saturated carbocycles. The molecule has 0 fully saturated rings. The SMILES string of the molecule is C[C@H](CN)NC(=O)c1ccc([N+](=O)[O-])o1.Cl. The van der Waals surface area contributed by atoms with Gasteiger partial charge in [0.2, 0.25) is 0 Å². The number of hydrogen-bond acceptors (Lipinski definition) is 5. The third kappa shape index (κ3) is 3.52. The Morgan fingerprint density at radius 3 is 2.75 bits per heavy atom. The van der Waals surface area contributed by atoms with Crippen LogP contribution in [0.2, 0.25) is 0 Å². The van der Waals surface area contributed by atoms with Crippen molar-refractivity contribution in [3.05, 3.63) is 28.0 Å². The third-order valence-electron chi connectivity index (χ3n) is 1.73. The van der Waals surface area contributed by atoms with Crippen LogP contribution in [0.3, 0.4) is 0 Å². The highest BCUT2D eigenvalue weighted by atomic mass is 35.5. The molecule has 1 aromatic rings. The fourth-order valence-electron chi connectivity index (χ4n) is 0.902. The molecule has 0 bridgehead atoms. The van der Waals surface area contributed by atoms with Gasteiger partial charge >= 0.3 is 5.88 Å². The van der Waals surface area contributed by atoms with Gasteiger partial charge in [-0.05, 0) is 13.0 Å². The van der Waals surface area contributed by atoms with Crippen molar-refractivity contribution in [2.75, 3.05) is 6.54 Å². The standard InChI is InChI=1S/C8H11N3O4.ClH/c1-5(4-9)10-8(12)6-2-3-7(15-6)11(13)14;/h2-3,5H,4,9H2,1H3,(H,10,12);1H/t5-;/m1./s1. The summed E-state index contributed by atoms with van der Waals surface area (Å²) in [5.74, 6) is -1.07. The van der Waals surface area contributed by atoms with Crippen LogP contribution in [0.25, 0.3) is 0 Å². The van der Waals surface area contributed by atoms with Gasteiger partial charge in [0.05, 0.1) is 6.07 Å². The van der Waals surface area contributed by atoms with Crippen molar-refractivity contribution < 1.29 is 14.1 Å². The molecule has 1 heterocycles. The Morgan fingerprint density at radius 2 is 2.31 bits per heavy atom.